The second kappa shape index (κ2) is 6.73. The van der Waals surface area contributed by atoms with Crippen molar-refractivity contribution in [1.29, 1.82) is 0 Å². The fraction of sp³-hybridized carbons (Fsp3) is 0.632. The summed E-state index contributed by atoms with van der Waals surface area (Å²) in [6, 6.07) is 10.8. The first-order chi connectivity index (χ1) is 11.3. The molecule has 3 rings (SSSR count). The van der Waals surface area contributed by atoms with E-state index in [2.05, 4.69) is 41.4 Å². The number of nitrogens with zero attached hydrogens (tertiary/aromatic N) is 1. The van der Waals surface area contributed by atoms with E-state index in [0.717, 1.165) is 19.5 Å². The van der Waals surface area contributed by atoms with Gasteiger partial charge in [-0.25, -0.2) is 4.79 Å². The molecule has 0 spiro atoms. The Kier molecular flexibility index (Phi) is 4.83. The van der Waals surface area contributed by atoms with Gasteiger partial charge in [0.05, 0.1) is 18.2 Å². The molecule has 132 valence electrons. The summed E-state index contributed by atoms with van der Waals surface area (Å²) < 4.78 is 11.5. The summed E-state index contributed by atoms with van der Waals surface area (Å²) in [5.41, 5.74) is 0.795. The van der Waals surface area contributed by atoms with Crippen molar-refractivity contribution in [3.8, 4) is 0 Å². The lowest BCUT2D eigenvalue weighted by molar-refractivity contribution is 0.0252. The van der Waals surface area contributed by atoms with Crippen molar-refractivity contribution < 1.29 is 14.3 Å². The van der Waals surface area contributed by atoms with E-state index in [-0.39, 0.29) is 24.3 Å². The maximum Gasteiger partial charge on any atom is 0.408 e. The maximum atomic E-state index is 12.1. The Morgan fingerprint density at radius 3 is 2.71 bits per heavy atom. The number of carbonyl (C=O) groups excluding carboxylic acids is 1. The van der Waals surface area contributed by atoms with Crippen LogP contribution in [0.1, 0.15) is 39.7 Å². The van der Waals surface area contributed by atoms with Gasteiger partial charge in [-0.3, -0.25) is 4.90 Å². The van der Waals surface area contributed by atoms with Crippen molar-refractivity contribution in [2.24, 2.45) is 0 Å². The molecule has 0 saturated carbocycles. The quantitative estimate of drug-likeness (QED) is 0.925. The number of likely N-dealkylation sites (tertiary alicyclic amines) is 1. The standard InChI is InChI=1S/C19H28N2O3/c1-13-10-16-17(23-13)15(20-18(22)24-19(2,3)4)12-21(16)11-14-8-6-5-7-9-14/h5-9,13,15-17H,10-12H2,1-4H3,(H,20,22). The highest BCUT2D eigenvalue weighted by atomic mass is 16.6. The second-order valence-corrected chi connectivity index (χ2v) is 7.88. The molecule has 4 unspecified atom stereocenters. The number of amides is 1. The Balaban J connectivity index is 1.66. The Morgan fingerprint density at radius 1 is 1.33 bits per heavy atom. The molecule has 2 fully saturated rings. The van der Waals surface area contributed by atoms with Crippen LogP contribution >= 0.6 is 0 Å². The van der Waals surface area contributed by atoms with E-state index in [1.165, 1.54) is 5.56 Å². The van der Waals surface area contributed by atoms with Crippen molar-refractivity contribution in [3.63, 3.8) is 0 Å². The smallest absolute Gasteiger partial charge is 0.408 e. The van der Waals surface area contributed by atoms with Gasteiger partial charge in [0.1, 0.15) is 5.60 Å². The first-order valence-corrected chi connectivity index (χ1v) is 8.75. The summed E-state index contributed by atoms with van der Waals surface area (Å²) in [5, 5.41) is 3.02. The lowest BCUT2D eigenvalue weighted by Crippen LogP contribution is -2.46. The highest BCUT2D eigenvalue weighted by Crippen LogP contribution is 2.34. The molecule has 0 radical (unpaired) electrons. The Bertz CT molecular complexity index is 570. The average Bonchev–Trinajstić information content (AvgIpc) is 2.98. The van der Waals surface area contributed by atoms with Gasteiger partial charge in [-0.15, -0.1) is 0 Å². The maximum absolute atomic E-state index is 12.1. The topological polar surface area (TPSA) is 50.8 Å². The van der Waals surface area contributed by atoms with Crippen LogP contribution in [0.15, 0.2) is 30.3 Å². The van der Waals surface area contributed by atoms with Gasteiger partial charge in [-0.05, 0) is 39.7 Å². The number of nitrogens with one attached hydrogen (secondary N) is 1. The summed E-state index contributed by atoms with van der Waals surface area (Å²) in [4.78, 5) is 14.6. The zero-order valence-electron chi connectivity index (χ0n) is 15.0. The largest absolute Gasteiger partial charge is 0.444 e. The van der Waals surface area contributed by atoms with Crippen LogP contribution in [-0.2, 0) is 16.0 Å². The van der Waals surface area contributed by atoms with Crippen molar-refractivity contribution in [2.45, 2.75) is 70.6 Å². The molecule has 5 nitrogen and oxygen atoms in total. The third-order valence-electron chi connectivity index (χ3n) is 4.57. The molecule has 2 saturated heterocycles. The predicted octanol–water partition coefficient (Wildman–Crippen LogP) is 2.94. The van der Waals surface area contributed by atoms with E-state index < -0.39 is 5.60 Å². The van der Waals surface area contributed by atoms with E-state index in [9.17, 15) is 4.79 Å². The van der Waals surface area contributed by atoms with Crippen LogP contribution in [-0.4, -0.2) is 47.4 Å². The molecular formula is C19H28N2O3. The molecule has 24 heavy (non-hydrogen) atoms. The number of alkyl carbamates (subject to hydrolysis) is 1. The highest BCUT2D eigenvalue weighted by Gasteiger charge is 2.48. The van der Waals surface area contributed by atoms with Crippen LogP contribution in [0.25, 0.3) is 0 Å². The monoisotopic (exact) mass is 332 g/mol. The first-order valence-electron chi connectivity index (χ1n) is 8.75. The van der Waals surface area contributed by atoms with E-state index in [1.54, 1.807) is 0 Å². The summed E-state index contributed by atoms with van der Waals surface area (Å²) in [5.74, 6) is 0. The van der Waals surface area contributed by atoms with Crippen molar-refractivity contribution >= 4 is 6.09 Å². The zero-order chi connectivity index (χ0) is 17.3. The first kappa shape index (κ1) is 17.2. The van der Waals surface area contributed by atoms with Crippen LogP contribution in [0, 0.1) is 0 Å². The van der Waals surface area contributed by atoms with Crippen LogP contribution in [0.2, 0.25) is 0 Å². The average molecular weight is 332 g/mol. The molecule has 0 aromatic heterocycles. The normalized spacial score (nSPS) is 30.2. The number of fused-ring (bicyclic) bond motifs is 1. The fourth-order valence-corrected chi connectivity index (χ4v) is 3.69. The van der Waals surface area contributed by atoms with Crippen molar-refractivity contribution in [2.75, 3.05) is 6.54 Å². The number of carbonyl (C=O) groups is 1. The highest BCUT2D eigenvalue weighted by molar-refractivity contribution is 5.68. The minimum atomic E-state index is -0.490. The van der Waals surface area contributed by atoms with Gasteiger partial charge in [0, 0.05) is 19.1 Å². The van der Waals surface area contributed by atoms with Gasteiger partial charge in [-0.1, -0.05) is 30.3 Å². The van der Waals surface area contributed by atoms with Crippen molar-refractivity contribution in [3.05, 3.63) is 35.9 Å². The molecule has 5 heteroatoms. The SMILES string of the molecule is CC1CC2C(O1)C(NC(=O)OC(C)(C)C)CN2Cc1ccccc1. The number of hydrogen-bond acceptors (Lipinski definition) is 4. The molecule has 0 bridgehead atoms. The molecule has 2 aliphatic rings. The third-order valence-corrected chi connectivity index (χ3v) is 4.57. The minimum absolute atomic E-state index is 0.0292. The van der Waals surface area contributed by atoms with Crippen LogP contribution < -0.4 is 5.32 Å². The van der Waals surface area contributed by atoms with Gasteiger partial charge in [0.15, 0.2) is 0 Å². The Hall–Kier alpha value is -1.59. The molecule has 1 aromatic carbocycles. The summed E-state index contributed by atoms with van der Waals surface area (Å²) >= 11 is 0. The molecule has 4 atom stereocenters. The van der Waals surface area contributed by atoms with Gasteiger partial charge >= 0.3 is 6.09 Å². The van der Waals surface area contributed by atoms with Crippen LogP contribution in [0.5, 0.6) is 0 Å². The van der Waals surface area contributed by atoms with Crippen molar-refractivity contribution in [1.82, 2.24) is 10.2 Å². The van der Waals surface area contributed by atoms with Gasteiger partial charge < -0.3 is 14.8 Å². The number of hydrogen-bond donors (Lipinski definition) is 1. The van der Waals surface area contributed by atoms with E-state index >= 15 is 0 Å². The Morgan fingerprint density at radius 2 is 2.04 bits per heavy atom. The van der Waals surface area contributed by atoms with Crippen LogP contribution in [0.3, 0.4) is 0 Å². The molecule has 2 aliphatic heterocycles. The molecule has 0 aliphatic carbocycles. The number of rotatable bonds is 3. The predicted molar refractivity (Wildman–Crippen MR) is 92.7 cm³/mol. The summed E-state index contributed by atoms with van der Waals surface area (Å²) in [6.45, 7) is 9.39. The lowest BCUT2D eigenvalue weighted by atomic mass is 10.1. The fourth-order valence-electron chi connectivity index (χ4n) is 3.69. The van der Waals surface area contributed by atoms with E-state index in [1.807, 2.05) is 26.8 Å². The van der Waals surface area contributed by atoms with Crippen LogP contribution in [0.4, 0.5) is 4.79 Å². The van der Waals surface area contributed by atoms with Gasteiger partial charge in [0.2, 0.25) is 0 Å². The zero-order valence-corrected chi connectivity index (χ0v) is 15.0. The summed E-state index contributed by atoms with van der Waals surface area (Å²) in [6.07, 6.45) is 0.901. The Labute approximate surface area is 144 Å². The second-order valence-electron chi connectivity index (χ2n) is 7.88. The molecule has 1 aromatic rings. The molecule has 1 amide bonds. The lowest BCUT2D eigenvalue weighted by Gasteiger charge is -2.24. The van der Waals surface area contributed by atoms with Gasteiger partial charge in [0.25, 0.3) is 0 Å². The molecule has 2 heterocycles. The van der Waals surface area contributed by atoms with E-state index in [0.29, 0.717) is 6.04 Å². The third kappa shape index (κ3) is 4.08. The minimum Gasteiger partial charge on any atom is -0.444 e. The summed E-state index contributed by atoms with van der Waals surface area (Å²) in [7, 11) is 0. The van der Waals surface area contributed by atoms with E-state index in [4.69, 9.17) is 9.47 Å². The number of ether oxygens (including phenoxy) is 2. The number of benzene rings is 1. The molecule has 1 N–H and O–H groups in total. The van der Waals surface area contributed by atoms with Gasteiger partial charge in [-0.2, -0.15) is 0 Å². The molecular weight excluding hydrogens is 304 g/mol.